The number of hydrogen-bond donors (Lipinski definition) is 1. The SMILES string of the molecule is NC1CCC(=Nc2ncc(Cl)c(-c3cnc4ccc(C(F)(F)F)cn34)n2)CC1. The Morgan fingerprint density at radius 3 is 2.61 bits per heavy atom. The van der Waals surface area contributed by atoms with Gasteiger partial charge in [-0.25, -0.2) is 19.9 Å². The van der Waals surface area contributed by atoms with E-state index in [-0.39, 0.29) is 22.7 Å². The highest BCUT2D eigenvalue weighted by atomic mass is 35.5. The van der Waals surface area contributed by atoms with Gasteiger partial charge in [0.05, 0.1) is 28.7 Å². The van der Waals surface area contributed by atoms with Gasteiger partial charge in [0.1, 0.15) is 11.3 Å². The van der Waals surface area contributed by atoms with Gasteiger partial charge in [-0.05, 0) is 37.8 Å². The number of nitrogens with two attached hydrogens (primary N) is 1. The molecule has 1 aliphatic rings. The maximum absolute atomic E-state index is 13.1. The summed E-state index contributed by atoms with van der Waals surface area (Å²) in [7, 11) is 0. The third-order valence-electron chi connectivity index (χ3n) is 4.67. The first-order chi connectivity index (χ1) is 13.3. The molecule has 0 bridgehead atoms. The topological polar surface area (TPSA) is 81.5 Å². The standard InChI is InChI=1S/C18H16ClF3N6/c19-13-7-25-17(26-12-4-2-11(23)3-5-12)27-16(13)14-8-24-15-6-1-10(9-28(14)15)18(20,21)22/h1,6-9,11H,2-5,23H2. The fourth-order valence-corrected chi connectivity index (χ4v) is 3.33. The van der Waals surface area contributed by atoms with Crippen molar-refractivity contribution in [2.45, 2.75) is 37.9 Å². The highest BCUT2D eigenvalue weighted by Crippen LogP contribution is 2.32. The van der Waals surface area contributed by atoms with E-state index in [4.69, 9.17) is 17.3 Å². The predicted molar refractivity (Wildman–Crippen MR) is 99.8 cm³/mol. The largest absolute Gasteiger partial charge is 0.417 e. The zero-order chi connectivity index (χ0) is 19.9. The van der Waals surface area contributed by atoms with Crippen LogP contribution in [-0.4, -0.2) is 31.1 Å². The van der Waals surface area contributed by atoms with E-state index >= 15 is 0 Å². The van der Waals surface area contributed by atoms with E-state index < -0.39 is 11.7 Å². The summed E-state index contributed by atoms with van der Waals surface area (Å²) in [5.41, 5.74) is 7.02. The number of aliphatic imine (C=N–C) groups is 1. The van der Waals surface area contributed by atoms with E-state index in [1.165, 1.54) is 22.9 Å². The summed E-state index contributed by atoms with van der Waals surface area (Å²) in [5.74, 6) is 0.215. The molecule has 0 saturated heterocycles. The second-order valence-corrected chi connectivity index (χ2v) is 7.08. The van der Waals surface area contributed by atoms with Crippen LogP contribution in [0, 0.1) is 0 Å². The lowest BCUT2D eigenvalue weighted by atomic mass is 9.94. The molecule has 3 aromatic rings. The van der Waals surface area contributed by atoms with E-state index in [1.807, 2.05) is 0 Å². The van der Waals surface area contributed by atoms with Gasteiger partial charge in [-0.15, -0.1) is 0 Å². The molecule has 3 heterocycles. The monoisotopic (exact) mass is 408 g/mol. The number of alkyl halides is 3. The molecular formula is C18H16ClF3N6. The lowest BCUT2D eigenvalue weighted by Crippen LogP contribution is -2.26. The quantitative estimate of drug-likeness (QED) is 0.679. The number of aromatic nitrogens is 4. The van der Waals surface area contributed by atoms with Crippen molar-refractivity contribution >= 4 is 28.9 Å². The molecule has 1 fully saturated rings. The van der Waals surface area contributed by atoms with Crippen LogP contribution in [0.4, 0.5) is 19.1 Å². The Morgan fingerprint density at radius 1 is 1.14 bits per heavy atom. The van der Waals surface area contributed by atoms with Crippen LogP contribution in [0.1, 0.15) is 31.2 Å². The van der Waals surface area contributed by atoms with Gasteiger partial charge in [0.25, 0.3) is 0 Å². The molecule has 146 valence electrons. The summed E-state index contributed by atoms with van der Waals surface area (Å²) < 4.78 is 40.5. The third kappa shape index (κ3) is 3.72. The van der Waals surface area contributed by atoms with Crippen LogP contribution < -0.4 is 5.73 Å². The van der Waals surface area contributed by atoms with Crippen molar-refractivity contribution in [1.29, 1.82) is 0 Å². The normalized spacial score (nSPS) is 17.9. The van der Waals surface area contributed by atoms with Crippen LogP contribution >= 0.6 is 11.6 Å². The van der Waals surface area contributed by atoms with Gasteiger partial charge in [-0.3, -0.25) is 4.40 Å². The van der Waals surface area contributed by atoms with Gasteiger partial charge in [0, 0.05) is 18.0 Å². The van der Waals surface area contributed by atoms with Crippen molar-refractivity contribution in [1.82, 2.24) is 19.4 Å². The maximum Gasteiger partial charge on any atom is 0.417 e. The Labute approximate surface area is 163 Å². The molecule has 0 amide bonds. The summed E-state index contributed by atoms with van der Waals surface area (Å²) in [6, 6.07) is 2.47. The first-order valence-electron chi connectivity index (χ1n) is 8.70. The van der Waals surface area contributed by atoms with Gasteiger partial charge in [-0.2, -0.15) is 13.2 Å². The molecule has 0 atom stereocenters. The Morgan fingerprint density at radius 2 is 1.89 bits per heavy atom. The lowest BCUT2D eigenvalue weighted by Gasteiger charge is -2.18. The van der Waals surface area contributed by atoms with Crippen LogP contribution in [0.2, 0.25) is 5.02 Å². The second kappa shape index (κ2) is 7.14. The molecule has 10 heteroatoms. The Kier molecular flexibility index (Phi) is 4.80. The van der Waals surface area contributed by atoms with Gasteiger partial charge in [-0.1, -0.05) is 11.6 Å². The maximum atomic E-state index is 13.1. The summed E-state index contributed by atoms with van der Waals surface area (Å²) in [5, 5.41) is 0.203. The molecule has 0 unspecified atom stereocenters. The molecule has 0 aliphatic heterocycles. The molecule has 1 aliphatic carbocycles. The van der Waals surface area contributed by atoms with Crippen molar-refractivity contribution in [3.05, 3.63) is 41.3 Å². The van der Waals surface area contributed by atoms with Crippen molar-refractivity contribution in [2.75, 3.05) is 0 Å². The minimum absolute atomic E-state index is 0.182. The van der Waals surface area contributed by atoms with Gasteiger partial charge < -0.3 is 5.73 Å². The first kappa shape index (κ1) is 18.8. The molecule has 0 aromatic carbocycles. The fourth-order valence-electron chi connectivity index (χ4n) is 3.14. The fraction of sp³-hybridized carbons (Fsp3) is 0.333. The zero-order valence-corrected chi connectivity index (χ0v) is 15.4. The van der Waals surface area contributed by atoms with Gasteiger partial charge in [0.2, 0.25) is 5.95 Å². The van der Waals surface area contributed by atoms with Crippen molar-refractivity contribution in [2.24, 2.45) is 10.7 Å². The minimum Gasteiger partial charge on any atom is -0.328 e. The molecule has 6 nitrogen and oxygen atoms in total. The first-order valence-corrected chi connectivity index (χ1v) is 9.08. The average molecular weight is 409 g/mol. The summed E-state index contributed by atoms with van der Waals surface area (Å²) >= 11 is 6.23. The Balaban J connectivity index is 1.76. The van der Waals surface area contributed by atoms with Crippen LogP contribution in [0.15, 0.2) is 35.7 Å². The van der Waals surface area contributed by atoms with E-state index in [9.17, 15) is 13.2 Å². The Bertz CT molecular complexity index is 1050. The van der Waals surface area contributed by atoms with Gasteiger partial charge in [0.15, 0.2) is 0 Å². The van der Waals surface area contributed by atoms with E-state index in [0.29, 0.717) is 11.3 Å². The molecule has 0 radical (unpaired) electrons. The average Bonchev–Trinajstić information content (AvgIpc) is 3.07. The van der Waals surface area contributed by atoms with Gasteiger partial charge >= 0.3 is 6.18 Å². The summed E-state index contributed by atoms with van der Waals surface area (Å²) in [6.07, 6.45) is 2.58. The van der Waals surface area contributed by atoms with E-state index in [2.05, 4.69) is 19.9 Å². The zero-order valence-electron chi connectivity index (χ0n) is 14.6. The van der Waals surface area contributed by atoms with Crippen molar-refractivity contribution < 1.29 is 13.2 Å². The smallest absolute Gasteiger partial charge is 0.328 e. The highest BCUT2D eigenvalue weighted by molar-refractivity contribution is 6.32. The van der Waals surface area contributed by atoms with Crippen LogP contribution in [0.25, 0.3) is 17.0 Å². The molecule has 2 N–H and O–H groups in total. The lowest BCUT2D eigenvalue weighted by molar-refractivity contribution is -0.137. The van der Waals surface area contributed by atoms with Crippen LogP contribution in [-0.2, 0) is 6.18 Å². The van der Waals surface area contributed by atoms with E-state index in [0.717, 1.165) is 43.7 Å². The van der Waals surface area contributed by atoms with Crippen molar-refractivity contribution in [3.8, 4) is 11.4 Å². The number of pyridine rings is 1. The minimum atomic E-state index is -4.47. The number of nitrogens with zero attached hydrogens (tertiary/aromatic N) is 5. The summed E-state index contributed by atoms with van der Waals surface area (Å²) in [6.45, 7) is 0. The predicted octanol–water partition coefficient (Wildman–Crippen LogP) is 4.44. The number of imidazole rings is 1. The molecule has 4 rings (SSSR count). The molecular weight excluding hydrogens is 393 g/mol. The second-order valence-electron chi connectivity index (χ2n) is 6.67. The third-order valence-corrected chi connectivity index (χ3v) is 4.95. The van der Waals surface area contributed by atoms with E-state index in [1.54, 1.807) is 0 Å². The summed E-state index contributed by atoms with van der Waals surface area (Å²) in [4.78, 5) is 17.1. The van der Waals surface area contributed by atoms with Crippen LogP contribution in [0.5, 0.6) is 0 Å². The molecule has 28 heavy (non-hydrogen) atoms. The number of halogens is 4. The molecule has 1 saturated carbocycles. The molecule has 0 spiro atoms. The highest BCUT2D eigenvalue weighted by Gasteiger charge is 2.31. The Hall–Kier alpha value is -2.52. The number of rotatable bonds is 2. The number of fused-ring (bicyclic) bond motifs is 1. The molecule has 3 aromatic heterocycles. The van der Waals surface area contributed by atoms with Crippen molar-refractivity contribution in [3.63, 3.8) is 0 Å². The van der Waals surface area contributed by atoms with Crippen LogP contribution in [0.3, 0.4) is 0 Å². The number of hydrogen-bond acceptors (Lipinski definition) is 5.